The quantitative estimate of drug-likeness (QED) is 0.858. The first-order chi connectivity index (χ1) is 11.2. The molecule has 4 rings (SSSR count). The maximum atomic E-state index is 6.26. The monoisotopic (exact) mass is 335 g/mol. The van der Waals surface area contributed by atoms with Crippen molar-refractivity contribution < 1.29 is 14.0 Å². The van der Waals surface area contributed by atoms with Crippen molar-refractivity contribution in [3.05, 3.63) is 34.4 Å². The van der Waals surface area contributed by atoms with Gasteiger partial charge < -0.3 is 14.0 Å². The van der Waals surface area contributed by atoms with Crippen molar-refractivity contribution in [3.8, 4) is 11.5 Å². The molecule has 0 radical (unpaired) electrons. The number of ether oxygens (including phenoxy) is 2. The van der Waals surface area contributed by atoms with Crippen LogP contribution in [0.5, 0.6) is 11.5 Å². The van der Waals surface area contributed by atoms with Crippen LogP contribution in [0.3, 0.4) is 0 Å². The second-order valence-corrected chi connectivity index (χ2v) is 6.47. The Bertz CT molecular complexity index is 719. The van der Waals surface area contributed by atoms with E-state index in [1.807, 2.05) is 19.1 Å². The number of likely N-dealkylation sites (tertiary alicyclic amines) is 1. The van der Waals surface area contributed by atoms with Crippen molar-refractivity contribution in [2.75, 3.05) is 19.9 Å². The molecule has 7 heteroatoms. The van der Waals surface area contributed by atoms with Crippen LogP contribution in [0.2, 0.25) is 5.02 Å². The van der Waals surface area contributed by atoms with E-state index in [4.69, 9.17) is 25.6 Å². The fourth-order valence-corrected chi connectivity index (χ4v) is 3.54. The summed E-state index contributed by atoms with van der Waals surface area (Å²) in [5.41, 5.74) is 1.13. The first-order valence-electron chi connectivity index (χ1n) is 7.79. The van der Waals surface area contributed by atoms with E-state index in [1.54, 1.807) is 0 Å². The number of benzene rings is 1. The summed E-state index contributed by atoms with van der Waals surface area (Å²) in [5, 5.41) is 4.51. The topological polar surface area (TPSA) is 60.6 Å². The lowest BCUT2D eigenvalue weighted by Gasteiger charge is -2.31. The number of hydrogen-bond acceptors (Lipinski definition) is 6. The molecule has 2 aliphatic heterocycles. The van der Waals surface area contributed by atoms with Gasteiger partial charge in [-0.25, -0.2) is 0 Å². The second-order valence-electron chi connectivity index (χ2n) is 6.07. The second kappa shape index (κ2) is 6.02. The lowest BCUT2D eigenvalue weighted by Crippen LogP contribution is -2.34. The molecular weight excluding hydrogens is 318 g/mol. The summed E-state index contributed by atoms with van der Waals surface area (Å²) in [6.07, 6.45) is 2.20. The van der Waals surface area contributed by atoms with Crippen LogP contribution in [0.4, 0.5) is 0 Å². The van der Waals surface area contributed by atoms with Gasteiger partial charge in [0.2, 0.25) is 12.7 Å². The number of aryl methyl sites for hydroxylation is 1. The van der Waals surface area contributed by atoms with Crippen molar-refractivity contribution in [2.24, 2.45) is 0 Å². The van der Waals surface area contributed by atoms with Crippen LogP contribution in [-0.2, 0) is 6.54 Å². The van der Waals surface area contributed by atoms with Gasteiger partial charge in [0.1, 0.15) is 0 Å². The molecule has 1 aromatic carbocycles. The van der Waals surface area contributed by atoms with E-state index >= 15 is 0 Å². The van der Waals surface area contributed by atoms with Crippen LogP contribution >= 0.6 is 11.6 Å². The van der Waals surface area contributed by atoms with E-state index in [0.717, 1.165) is 49.7 Å². The highest BCUT2D eigenvalue weighted by Gasteiger charge is 2.26. The predicted octanol–water partition coefficient (Wildman–Crippen LogP) is 3.14. The van der Waals surface area contributed by atoms with Gasteiger partial charge in [-0.15, -0.1) is 0 Å². The Balaban J connectivity index is 1.47. The van der Waals surface area contributed by atoms with Crippen LogP contribution < -0.4 is 9.47 Å². The summed E-state index contributed by atoms with van der Waals surface area (Å²) in [6, 6.07) is 3.96. The zero-order valence-electron chi connectivity index (χ0n) is 12.9. The molecule has 1 unspecified atom stereocenters. The molecule has 1 fully saturated rings. The number of nitrogens with zero attached hydrogens (tertiary/aromatic N) is 3. The molecule has 0 N–H and O–H groups in total. The summed E-state index contributed by atoms with van der Waals surface area (Å²) in [4.78, 5) is 6.77. The molecule has 122 valence electrons. The van der Waals surface area contributed by atoms with Gasteiger partial charge in [0.15, 0.2) is 17.3 Å². The standard InChI is InChI=1S/C16H18ClN3O3/c1-10-18-16(23-19-10)12-3-2-4-20(8-12)7-11-5-13(17)15-14(6-11)21-9-22-15/h5-6,12H,2-4,7-9H2,1H3. The van der Waals surface area contributed by atoms with Gasteiger partial charge in [0.25, 0.3) is 0 Å². The van der Waals surface area contributed by atoms with E-state index in [1.165, 1.54) is 0 Å². The highest BCUT2D eigenvalue weighted by Crippen LogP contribution is 2.40. The minimum absolute atomic E-state index is 0.237. The van der Waals surface area contributed by atoms with Crippen LogP contribution in [0, 0.1) is 6.92 Å². The zero-order chi connectivity index (χ0) is 15.8. The molecule has 23 heavy (non-hydrogen) atoms. The molecule has 2 aliphatic rings. The van der Waals surface area contributed by atoms with E-state index in [2.05, 4.69) is 15.0 Å². The van der Waals surface area contributed by atoms with Crippen LogP contribution in [0.25, 0.3) is 0 Å². The molecule has 0 saturated carbocycles. The molecule has 2 aromatic rings. The molecule has 1 saturated heterocycles. The van der Waals surface area contributed by atoms with Crippen molar-refractivity contribution in [1.82, 2.24) is 15.0 Å². The van der Waals surface area contributed by atoms with Gasteiger partial charge >= 0.3 is 0 Å². The van der Waals surface area contributed by atoms with Crippen LogP contribution in [0.15, 0.2) is 16.7 Å². The zero-order valence-corrected chi connectivity index (χ0v) is 13.7. The highest BCUT2D eigenvalue weighted by molar-refractivity contribution is 6.32. The van der Waals surface area contributed by atoms with E-state index in [0.29, 0.717) is 22.5 Å². The van der Waals surface area contributed by atoms with Gasteiger partial charge in [-0.3, -0.25) is 4.90 Å². The van der Waals surface area contributed by atoms with E-state index in [-0.39, 0.29) is 6.79 Å². The number of halogens is 1. The third-order valence-electron chi connectivity index (χ3n) is 4.29. The minimum atomic E-state index is 0.237. The average Bonchev–Trinajstić information content (AvgIpc) is 3.16. The minimum Gasteiger partial charge on any atom is -0.454 e. The molecule has 0 spiro atoms. The summed E-state index contributed by atoms with van der Waals surface area (Å²) < 4.78 is 16.1. The maximum Gasteiger partial charge on any atom is 0.231 e. The van der Waals surface area contributed by atoms with Gasteiger partial charge in [-0.05, 0) is 44.0 Å². The summed E-state index contributed by atoms with van der Waals surface area (Å²) >= 11 is 6.26. The van der Waals surface area contributed by atoms with Crippen molar-refractivity contribution >= 4 is 11.6 Å². The van der Waals surface area contributed by atoms with Gasteiger partial charge in [-0.1, -0.05) is 16.8 Å². The number of hydrogen-bond donors (Lipinski definition) is 0. The first kappa shape index (κ1) is 14.8. The third kappa shape index (κ3) is 3.01. The summed E-state index contributed by atoms with van der Waals surface area (Å²) in [6.45, 7) is 4.87. The van der Waals surface area contributed by atoms with Gasteiger partial charge in [-0.2, -0.15) is 4.98 Å². The van der Waals surface area contributed by atoms with Crippen molar-refractivity contribution in [2.45, 2.75) is 32.2 Å². The summed E-state index contributed by atoms with van der Waals surface area (Å²) in [5.74, 6) is 3.12. The fraction of sp³-hybridized carbons (Fsp3) is 0.500. The molecule has 6 nitrogen and oxygen atoms in total. The van der Waals surface area contributed by atoms with E-state index < -0.39 is 0 Å². The molecule has 0 amide bonds. The van der Waals surface area contributed by atoms with E-state index in [9.17, 15) is 0 Å². The number of piperidine rings is 1. The smallest absolute Gasteiger partial charge is 0.231 e. The molecular formula is C16H18ClN3O3. The first-order valence-corrected chi connectivity index (χ1v) is 8.17. The SMILES string of the molecule is Cc1noc(C2CCCN(Cc3cc(Cl)c4c(c3)OCO4)C2)n1. The highest BCUT2D eigenvalue weighted by atomic mass is 35.5. The number of aromatic nitrogens is 2. The lowest BCUT2D eigenvalue weighted by atomic mass is 9.97. The van der Waals surface area contributed by atoms with Crippen LogP contribution in [-0.4, -0.2) is 34.9 Å². The maximum absolute atomic E-state index is 6.26. The fourth-order valence-electron chi connectivity index (χ4n) is 3.25. The molecule has 0 aliphatic carbocycles. The Labute approximate surface area is 139 Å². The Kier molecular flexibility index (Phi) is 3.87. The van der Waals surface area contributed by atoms with Gasteiger partial charge in [0.05, 0.1) is 10.9 Å². The Hall–Kier alpha value is -1.79. The Morgan fingerprint density at radius 2 is 2.26 bits per heavy atom. The third-order valence-corrected chi connectivity index (χ3v) is 4.57. The summed E-state index contributed by atoms with van der Waals surface area (Å²) in [7, 11) is 0. The predicted molar refractivity (Wildman–Crippen MR) is 83.9 cm³/mol. The van der Waals surface area contributed by atoms with Crippen molar-refractivity contribution in [3.63, 3.8) is 0 Å². The number of rotatable bonds is 3. The van der Waals surface area contributed by atoms with Gasteiger partial charge in [0, 0.05) is 13.1 Å². The lowest BCUT2D eigenvalue weighted by molar-refractivity contribution is 0.173. The molecule has 0 bridgehead atoms. The normalized spacial score (nSPS) is 20.9. The van der Waals surface area contributed by atoms with Crippen LogP contribution in [0.1, 0.15) is 36.0 Å². The molecule has 1 aromatic heterocycles. The molecule has 3 heterocycles. The average molecular weight is 336 g/mol. The van der Waals surface area contributed by atoms with Crippen molar-refractivity contribution in [1.29, 1.82) is 0 Å². The number of fused-ring (bicyclic) bond motifs is 1. The largest absolute Gasteiger partial charge is 0.454 e. The molecule has 1 atom stereocenters. The Morgan fingerprint density at radius 3 is 3.09 bits per heavy atom. The Morgan fingerprint density at radius 1 is 1.35 bits per heavy atom.